The molecular weight excluding hydrogens is 380 g/mol. The number of nitrogens with one attached hydrogen (secondary N) is 1. The number of carbonyl (C=O) groups excluding carboxylic acids is 1. The maximum absolute atomic E-state index is 12.9. The number of ether oxygens (including phenoxy) is 2. The summed E-state index contributed by atoms with van der Waals surface area (Å²) in [6, 6.07) is 12.6. The highest BCUT2D eigenvalue weighted by Gasteiger charge is 2.15. The first kappa shape index (κ1) is 21.4. The van der Waals surface area contributed by atoms with E-state index in [1.165, 1.54) is 0 Å². The van der Waals surface area contributed by atoms with Crippen LogP contribution in [0.15, 0.2) is 53.5 Å². The maximum atomic E-state index is 12.9. The number of amides is 1. The predicted octanol–water partition coefficient (Wildman–Crippen LogP) is 4.25. The van der Waals surface area contributed by atoms with Crippen LogP contribution in [0.4, 0.5) is 5.69 Å². The molecule has 3 aromatic rings. The van der Waals surface area contributed by atoms with E-state index in [0.717, 1.165) is 10.9 Å². The molecule has 30 heavy (non-hydrogen) atoms. The molecule has 0 aliphatic heterocycles. The number of rotatable bonds is 6. The monoisotopic (exact) mass is 408 g/mol. The largest absolute Gasteiger partial charge is 0.497 e. The molecule has 0 aliphatic rings. The molecule has 6 heteroatoms. The van der Waals surface area contributed by atoms with Gasteiger partial charge in [-0.15, -0.1) is 0 Å². The summed E-state index contributed by atoms with van der Waals surface area (Å²) in [7, 11) is 3.14. The molecule has 158 valence electrons. The summed E-state index contributed by atoms with van der Waals surface area (Å²) in [5, 5.41) is 4.24. The maximum Gasteiger partial charge on any atom is 0.258 e. The third-order valence-electron chi connectivity index (χ3n) is 4.78. The van der Waals surface area contributed by atoms with Gasteiger partial charge in [0.25, 0.3) is 5.56 Å². The number of nitrogens with zero attached hydrogens (tertiary/aromatic N) is 1. The van der Waals surface area contributed by atoms with Crippen molar-refractivity contribution in [2.75, 3.05) is 19.5 Å². The lowest BCUT2D eigenvalue weighted by Crippen LogP contribution is -2.26. The third kappa shape index (κ3) is 4.82. The van der Waals surface area contributed by atoms with Crippen molar-refractivity contribution < 1.29 is 14.3 Å². The summed E-state index contributed by atoms with van der Waals surface area (Å²) in [4.78, 5) is 25.7. The lowest BCUT2D eigenvalue weighted by molar-refractivity contribution is -0.115. The fraction of sp³-hybridized carbons (Fsp3) is 0.333. The number of anilines is 1. The molecule has 0 aliphatic carbocycles. The van der Waals surface area contributed by atoms with Crippen molar-refractivity contribution in [3.8, 4) is 11.5 Å². The molecule has 2 aromatic carbocycles. The molecule has 1 N–H and O–H groups in total. The molecular formula is C24H28N2O4. The van der Waals surface area contributed by atoms with Crippen LogP contribution in [0.1, 0.15) is 26.3 Å². The van der Waals surface area contributed by atoms with Gasteiger partial charge in [0, 0.05) is 34.8 Å². The number of aromatic nitrogens is 1. The van der Waals surface area contributed by atoms with Crippen LogP contribution in [0.3, 0.4) is 0 Å². The van der Waals surface area contributed by atoms with Crippen molar-refractivity contribution in [1.29, 1.82) is 0 Å². The normalized spacial score (nSPS) is 11.4. The first-order chi connectivity index (χ1) is 14.2. The van der Waals surface area contributed by atoms with Crippen LogP contribution in [-0.2, 0) is 17.8 Å². The van der Waals surface area contributed by atoms with Gasteiger partial charge in [-0.3, -0.25) is 9.59 Å². The summed E-state index contributed by atoms with van der Waals surface area (Å²) >= 11 is 0. The molecule has 0 saturated heterocycles. The molecule has 1 aromatic heterocycles. The van der Waals surface area contributed by atoms with E-state index in [-0.39, 0.29) is 23.3 Å². The van der Waals surface area contributed by atoms with E-state index < -0.39 is 0 Å². The average Bonchev–Trinajstić information content (AvgIpc) is 2.69. The van der Waals surface area contributed by atoms with Gasteiger partial charge in [-0.1, -0.05) is 26.8 Å². The minimum Gasteiger partial charge on any atom is -0.497 e. The Kier molecular flexibility index (Phi) is 6.15. The van der Waals surface area contributed by atoms with Gasteiger partial charge in [0.1, 0.15) is 11.5 Å². The van der Waals surface area contributed by atoms with E-state index in [9.17, 15) is 9.59 Å². The number of methoxy groups -OCH3 is 2. The number of benzene rings is 2. The van der Waals surface area contributed by atoms with Gasteiger partial charge >= 0.3 is 0 Å². The Bertz CT molecular complexity index is 1130. The lowest BCUT2D eigenvalue weighted by Gasteiger charge is -2.20. The van der Waals surface area contributed by atoms with Crippen molar-refractivity contribution in [2.24, 2.45) is 5.41 Å². The molecule has 0 fully saturated rings. The van der Waals surface area contributed by atoms with Crippen molar-refractivity contribution in [2.45, 2.75) is 33.7 Å². The quantitative estimate of drug-likeness (QED) is 0.662. The fourth-order valence-electron chi connectivity index (χ4n) is 3.45. The Morgan fingerprint density at radius 1 is 1.03 bits per heavy atom. The van der Waals surface area contributed by atoms with E-state index in [4.69, 9.17) is 9.47 Å². The predicted molar refractivity (Wildman–Crippen MR) is 120 cm³/mol. The molecule has 0 unspecified atom stereocenters. The second-order valence-corrected chi connectivity index (χ2v) is 8.48. The highest BCUT2D eigenvalue weighted by atomic mass is 16.5. The Balaban J connectivity index is 1.88. The zero-order valence-electron chi connectivity index (χ0n) is 18.1. The highest BCUT2D eigenvalue weighted by Crippen LogP contribution is 2.26. The molecule has 1 heterocycles. The molecule has 0 radical (unpaired) electrons. The zero-order valence-corrected chi connectivity index (χ0v) is 18.1. The topological polar surface area (TPSA) is 69.6 Å². The van der Waals surface area contributed by atoms with Crippen molar-refractivity contribution in [1.82, 2.24) is 4.57 Å². The van der Waals surface area contributed by atoms with Crippen LogP contribution in [0, 0.1) is 5.41 Å². The van der Waals surface area contributed by atoms with Gasteiger partial charge < -0.3 is 19.4 Å². The van der Waals surface area contributed by atoms with Crippen LogP contribution < -0.4 is 20.3 Å². The van der Waals surface area contributed by atoms with E-state index in [1.54, 1.807) is 61.4 Å². The standard InChI is InChI=1S/C24H28N2O4/c1-24(2,3)15-26-12-11-18-19(23(26)28)7-6-8-20(18)25-22(27)14-16-13-17(29-4)9-10-21(16)30-5/h6-13H,14-15H2,1-5H3,(H,25,27). The summed E-state index contributed by atoms with van der Waals surface area (Å²) in [6.45, 7) is 6.89. The zero-order chi connectivity index (χ0) is 21.9. The van der Waals surface area contributed by atoms with E-state index in [1.807, 2.05) is 6.07 Å². The minimum atomic E-state index is -0.201. The fourth-order valence-corrected chi connectivity index (χ4v) is 3.45. The summed E-state index contributed by atoms with van der Waals surface area (Å²) in [5.41, 5.74) is 1.26. The Morgan fingerprint density at radius 2 is 1.80 bits per heavy atom. The number of fused-ring (bicyclic) bond motifs is 1. The van der Waals surface area contributed by atoms with Crippen LogP contribution in [0.25, 0.3) is 10.8 Å². The second-order valence-electron chi connectivity index (χ2n) is 8.48. The van der Waals surface area contributed by atoms with E-state index in [0.29, 0.717) is 29.1 Å². The Morgan fingerprint density at radius 3 is 2.47 bits per heavy atom. The van der Waals surface area contributed by atoms with E-state index >= 15 is 0 Å². The molecule has 0 spiro atoms. The van der Waals surface area contributed by atoms with E-state index in [2.05, 4.69) is 26.1 Å². The van der Waals surface area contributed by atoms with Crippen molar-refractivity contribution in [3.63, 3.8) is 0 Å². The minimum absolute atomic E-state index is 0.0148. The molecule has 1 amide bonds. The van der Waals surface area contributed by atoms with Crippen LogP contribution in [0.5, 0.6) is 11.5 Å². The average molecular weight is 408 g/mol. The smallest absolute Gasteiger partial charge is 0.258 e. The van der Waals surface area contributed by atoms with Crippen molar-refractivity contribution >= 4 is 22.4 Å². The van der Waals surface area contributed by atoms with Gasteiger partial charge in [0.2, 0.25) is 5.91 Å². The first-order valence-corrected chi connectivity index (χ1v) is 9.85. The molecule has 0 atom stereocenters. The van der Waals surface area contributed by atoms with Crippen LogP contribution >= 0.6 is 0 Å². The molecule has 0 bridgehead atoms. The number of hydrogen-bond acceptors (Lipinski definition) is 4. The SMILES string of the molecule is COc1ccc(OC)c(CC(=O)Nc2cccc3c(=O)n(CC(C)(C)C)ccc23)c1. The number of carbonyl (C=O) groups is 1. The highest BCUT2D eigenvalue weighted by molar-refractivity contribution is 6.02. The van der Waals surface area contributed by atoms with Gasteiger partial charge in [-0.05, 0) is 41.8 Å². The molecule has 3 rings (SSSR count). The number of pyridine rings is 1. The summed E-state index contributed by atoms with van der Waals surface area (Å²) < 4.78 is 12.3. The lowest BCUT2D eigenvalue weighted by atomic mass is 9.96. The Labute approximate surface area is 176 Å². The summed E-state index contributed by atoms with van der Waals surface area (Å²) in [5.74, 6) is 1.07. The van der Waals surface area contributed by atoms with Crippen molar-refractivity contribution in [3.05, 3.63) is 64.6 Å². The number of hydrogen-bond donors (Lipinski definition) is 1. The van der Waals surface area contributed by atoms with Gasteiger partial charge in [-0.2, -0.15) is 0 Å². The van der Waals surface area contributed by atoms with Gasteiger partial charge in [-0.25, -0.2) is 0 Å². The second kappa shape index (κ2) is 8.61. The first-order valence-electron chi connectivity index (χ1n) is 9.85. The van der Waals surface area contributed by atoms with Crippen LogP contribution in [-0.4, -0.2) is 24.7 Å². The molecule has 0 saturated carbocycles. The summed E-state index contributed by atoms with van der Waals surface area (Å²) in [6.07, 6.45) is 1.91. The third-order valence-corrected chi connectivity index (χ3v) is 4.78. The van der Waals surface area contributed by atoms with Gasteiger partial charge in [0.05, 0.1) is 20.6 Å². The van der Waals surface area contributed by atoms with Crippen LogP contribution in [0.2, 0.25) is 0 Å². The molecule has 6 nitrogen and oxygen atoms in total. The van der Waals surface area contributed by atoms with Gasteiger partial charge in [0.15, 0.2) is 0 Å². The Hall–Kier alpha value is -3.28.